The minimum absolute atomic E-state index is 0.315. The van der Waals surface area contributed by atoms with Crippen molar-refractivity contribution >= 4 is 15.9 Å². The van der Waals surface area contributed by atoms with Gasteiger partial charge < -0.3 is 5.11 Å². The summed E-state index contributed by atoms with van der Waals surface area (Å²) in [6.07, 6.45) is 3.24. The molecule has 1 nitrogen and oxygen atoms in total. The highest BCUT2D eigenvalue weighted by molar-refractivity contribution is 9.09. The van der Waals surface area contributed by atoms with Crippen LogP contribution >= 0.6 is 15.9 Å². The first-order chi connectivity index (χ1) is 3.31. The van der Waals surface area contributed by atoms with E-state index >= 15 is 0 Å². The number of aliphatic hydroxyl groups excluding tert-OH is 1. The molecule has 0 heterocycles. The number of rotatable bonds is 2. The van der Waals surface area contributed by atoms with E-state index in [0.29, 0.717) is 5.33 Å². The molecular weight excluding hydrogens is 156 g/mol. The molecule has 0 radical (unpaired) electrons. The number of alkyl halides is 1. The van der Waals surface area contributed by atoms with Gasteiger partial charge in [-0.2, -0.15) is 0 Å². The predicted molar refractivity (Wildman–Crippen MR) is 34.6 cm³/mol. The molecule has 0 saturated carbocycles. The van der Waals surface area contributed by atoms with Crippen molar-refractivity contribution in [3.8, 4) is 0 Å². The summed E-state index contributed by atoms with van der Waals surface area (Å²) >= 11 is 3.11. The highest BCUT2D eigenvalue weighted by Crippen LogP contribution is 1.90. The number of hydrogen-bond acceptors (Lipinski definition) is 1. The van der Waals surface area contributed by atoms with E-state index in [9.17, 15) is 0 Å². The fourth-order valence-electron chi connectivity index (χ4n) is 0.274. The molecule has 7 heavy (non-hydrogen) atoms. The van der Waals surface area contributed by atoms with Crippen molar-refractivity contribution in [2.75, 3.05) is 5.33 Å². The predicted octanol–water partition coefficient (Wildman–Crippen LogP) is 1.32. The Labute approximate surface area is 52.2 Å². The summed E-state index contributed by atoms with van der Waals surface area (Å²) in [5, 5.41) is 9.35. The van der Waals surface area contributed by atoms with E-state index in [1.807, 2.05) is 13.0 Å². The third kappa shape index (κ3) is 4.02. The van der Waals surface area contributed by atoms with Crippen molar-refractivity contribution < 1.29 is 5.11 Å². The summed E-state index contributed by atoms with van der Waals surface area (Å²) in [6.45, 7) is 1.88. The molecule has 0 bridgehead atoms. The first-order valence-corrected chi connectivity index (χ1v) is 3.30. The van der Waals surface area contributed by atoms with E-state index in [1.165, 1.54) is 0 Å². The minimum atomic E-state index is -0.315. The van der Waals surface area contributed by atoms with Crippen LogP contribution in [0.3, 0.4) is 0 Å². The molecule has 2 heteroatoms. The molecule has 0 fully saturated rings. The smallest absolute Gasteiger partial charge is 0.0817 e. The Morgan fingerprint density at radius 1 is 1.86 bits per heavy atom. The Morgan fingerprint density at radius 3 is 2.57 bits per heavy atom. The van der Waals surface area contributed by atoms with E-state index in [-0.39, 0.29) is 6.10 Å². The van der Waals surface area contributed by atoms with E-state index in [1.54, 1.807) is 6.08 Å². The van der Waals surface area contributed by atoms with Gasteiger partial charge in [-0.3, -0.25) is 0 Å². The van der Waals surface area contributed by atoms with Crippen LogP contribution in [0.4, 0.5) is 0 Å². The molecule has 0 aromatic carbocycles. The molecule has 0 aliphatic carbocycles. The Kier molecular flexibility index (Phi) is 4.45. The number of hydrogen-bond donors (Lipinski definition) is 1. The van der Waals surface area contributed by atoms with Gasteiger partial charge in [-0.15, -0.1) is 0 Å². The highest BCUT2D eigenvalue weighted by Gasteiger charge is 1.89. The molecule has 0 aromatic rings. The summed E-state index contributed by atoms with van der Waals surface area (Å²) in [4.78, 5) is 0. The number of aliphatic hydroxyl groups is 1. The first kappa shape index (κ1) is 7.18. The fourth-order valence-corrected chi connectivity index (χ4v) is 0.489. The maximum absolute atomic E-state index is 8.72. The molecule has 0 rings (SSSR count). The van der Waals surface area contributed by atoms with E-state index in [2.05, 4.69) is 15.9 Å². The third-order valence-electron chi connectivity index (χ3n) is 0.573. The largest absolute Gasteiger partial charge is 0.388 e. The molecule has 1 atom stereocenters. The van der Waals surface area contributed by atoms with Gasteiger partial charge in [-0.05, 0) is 6.92 Å². The average Bonchev–Trinajstić information content (AvgIpc) is 1.68. The van der Waals surface area contributed by atoms with Crippen LogP contribution in [0.5, 0.6) is 0 Å². The van der Waals surface area contributed by atoms with Crippen LogP contribution in [0.25, 0.3) is 0 Å². The van der Waals surface area contributed by atoms with Crippen LogP contribution < -0.4 is 0 Å². The van der Waals surface area contributed by atoms with Crippen molar-refractivity contribution in [3.63, 3.8) is 0 Å². The highest BCUT2D eigenvalue weighted by atomic mass is 79.9. The lowest BCUT2D eigenvalue weighted by Gasteiger charge is -1.93. The summed E-state index contributed by atoms with van der Waals surface area (Å²) in [5.41, 5.74) is 0. The van der Waals surface area contributed by atoms with Crippen LogP contribution in [0.1, 0.15) is 6.92 Å². The quantitative estimate of drug-likeness (QED) is 0.483. The Balaban J connectivity index is 3.16. The Bertz CT molecular complexity index is 61.1. The van der Waals surface area contributed by atoms with Gasteiger partial charge in [0.1, 0.15) is 0 Å². The summed E-state index contributed by atoms with van der Waals surface area (Å²) in [6, 6.07) is 0. The van der Waals surface area contributed by atoms with Crippen LogP contribution in [0.2, 0.25) is 0 Å². The Hall–Kier alpha value is 0.180. The van der Waals surface area contributed by atoms with E-state index in [0.717, 1.165) is 0 Å². The van der Waals surface area contributed by atoms with E-state index in [4.69, 9.17) is 5.11 Å². The maximum Gasteiger partial charge on any atom is 0.0817 e. The molecule has 0 aromatic heterocycles. The van der Waals surface area contributed by atoms with Gasteiger partial charge in [0.05, 0.1) is 6.10 Å². The lowest BCUT2D eigenvalue weighted by Crippen LogP contribution is -2.01. The second-order valence-corrected chi connectivity index (χ2v) is 1.89. The number of halogens is 1. The zero-order chi connectivity index (χ0) is 5.70. The molecular formula is C5H9BrO. The number of allylic oxidation sites excluding steroid dienone is 1. The summed E-state index contributed by atoms with van der Waals surface area (Å²) in [5.74, 6) is 0. The van der Waals surface area contributed by atoms with Gasteiger partial charge in [-0.1, -0.05) is 28.1 Å². The van der Waals surface area contributed by atoms with Gasteiger partial charge in [-0.25, -0.2) is 0 Å². The van der Waals surface area contributed by atoms with Crippen molar-refractivity contribution in [3.05, 3.63) is 12.2 Å². The molecule has 1 unspecified atom stereocenters. The lowest BCUT2D eigenvalue weighted by atomic mass is 10.4. The summed E-state index contributed by atoms with van der Waals surface area (Å²) < 4.78 is 0. The SMILES string of the molecule is C/C=C\C(O)CBr. The van der Waals surface area contributed by atoms with Gasteiger partial charge in [0.15, 0.2) is 0 Å². The standard InChI is InChI=1S/C5H9BrO/c1-2-3-5(7)4-6/h2-3,5,7H,4H2,1H3/b3-2-. The zero-order valence-corrected chi connectivity index (χ0v) is 5.85. The van der Waals surface area contributed by atoms with Gasteiger partial charge in [0.2, 0.25) is 0 Å². The van der Waals surface area contributed by atoms with Crippen molar-refractivity contribution in [2.45, 2.75) is 13.0 Å². The van der Waals surface area contributed by atoms with Crippen LogP contribution in [-0.4, -0.2) is 16.5 Å². The topological polar surface area (TPSA) is 20.2 Å². The lowest BCUT2D eigenvalue weighted by molar-refractivity contribution is 0.250. The first-order valence-electron chi connectivity index (χ1n) is 2.18. The molecule has 0 aliphatic heterocycles. The van der Waals surface area contributed by atoms with Gasteiger partial charge in [0, 0.05) is 5.33 Å². The maximum atomic E-state index is 8.72. The summed E-state index contributed by atoms with van der Waals surface area (Å²) in [7, 11) is 0. The normalized spacial score (nSPS) is 15.3. The Morgan fingerprint density at radius 2 is 2.43 bits per heavy atom. The van der Waals surface area contributed by atoms with Gasteiger partial charge >= 0.3 is 0 Å². The zero-order valence-electron chi connectivity index (χ0n) is 4.26. The van der Waals surface area contributed by atoms with Crippen molar-refractivity contribution in [1.29, 1.82) is 0 Å². The third-order valence-corrected chi connectivity index (χ3v) is 1.24. The van der Waals surface area contributed by atoms with Crippen LogP contribution in [0.15, 0.2) is 12.2 Å². The average molecular weight is 165 g/mol. The molecule has 0 amide bonds. The molecule has 0 saturated heterocycles. The second-order valence-electron chi connectivity index (χ2n) is 1.25. The van der Waals surface area contributed by atoms with Crippen molar-refractivity contribution in [2.24, 2.45) is 0 Å². The van der Waals surface area contributed by atoms with Gasteiger partial charge in [0.25, 0.3) is 0 Å². The molecule has 1 N–H and O–H groups in total. The molecule has 42 valence electrons. The molecule has 0 aliphatic rings. The fraction of sp³-hybridized carbons (Fsp3) is 0.600. The van der Waals surface area contributed by atoms with E-state index < -0.39 is 0 Å². The monoisotopic (exact) mass is 164 g/mol. The minimum Gasteiger partial charge on any atom is -0.388 e. The van der Waals surface area contributed by atoms with Crippen LogP contribution in [-0.2, 0) is 0 Å². The van der Waals surface area contributed by atoms with Crippen molar-refractivity contribution in [1.82, 2.24) is 0 Å². The molecule has 0 spiro atoms. The second kappa shape index (κ2) is 4.34. The van der Waals surface area contributed by atoms with Crippen LogP contribution in [0, 0.1) is 0 Å².